The highest BCUT2D eigenvalue weighted by molar-refractivity contribution is 9.10. The van der Waals surface area contributed by atoms with Gasteiger partial charge in [-0.05, 0) is 12.1 Å². The molecule has 0 saturated carbocycles. The number of rotatable bonds is 4. The third-order valence-corrected chi connectivity index (χ3v) is 3.27. The molecule has 2 aromatic rings. The van der Waals surface area contributed by atoms with Crippen molar-refractivity contribution in [2.45, 2.75) is 5.16 Å². The number of benzene rings is 1. The van der Waals surface area contributed by atoms with Gasteiger partial charge in [0.25, 0.3) is 0 Å². The largest absolute Gasteiger partial charge is 0.481 e. The Kier molecular flexibility index (Phi) is 3.80. The van der Waals surface area contributed by atoms with Gasteiger partial charge < -0.3 is 5.11 Å². The lowest BCUT2D eigenvalue weighted by atomic mass is 10.2. The number of thioether (sulfide) groups is 1. The molecule has 88 valence electrons. The minimum Gasteiger partial charge on any atom is -0.481 e. The van der Waals surface area contributed by atoms with E-state index < -0.39 is 5.97 Å². The molecule has 0 radical (unpaired) electrons. The third kappa shape index (κ3) is 3.31. The number of aliphatic carboxylic acids is 1. The molecule has 0 bridgehead atoms. The maximum atomic E-state index is 10.4. The summed E-state index contributed by atoms with van der Waals surface area (Å²) in [6.07, 6.45) is 0. The van der Waals surface area contributed by atoms with E-state index in [0.29, 0.717) is 11.0 Å². The molecular formula is C10H8BrN3O2S. The van der Waals surface area contributed by atoms with Crippen molar-refractivity contribution in [1.82, 2.24) is 15.2 Å². The Hall–Kier alpha value is -1.34. The minimum atomic E-state index is -0.884. The van der Waals surface area contributed by atoms with Crippen LogP contribution in [0.25, 0.3) is 11.4 Å². The Morgan fingerprint density at radius 3 is 2.76 bits per heavy atom. The third-order valence-electron chi connectivity index (χ3n) is 1.91. The molecule has 0 saturated heterocycles. The molecule has 0 aliphatic carbocycles. The fraction of sp³-hybridized carbons (Fsp3) is 0.100. The van der Waals surface area contributed by atoms with Crippen LogP contribution < -0.4 is 0 Å². The van der Waals surface area contributed by atoms with Crippen molar-refractivity contribution >= 4 is 33.7 Å². The van der Waals surface area contributed by atoms with Gasteiger partial charge in [0.2, 0.25) is 5.16 Å². The Bertz CT molecular complexity index is 527. The van der Waals surface area contributed by atoms with E-state index in [9.17, 15) is 4.79 Å². The topological polar surface area (TPSA) is 78.9 Å². The van der Waals surface area contributed by atoms with Crippen molar-refractivity contribution in [3.05, 3.63) is 28.7 Å². The minimum absolute atomic E-state index is 0.0440. The quantitative estimate of drug-likeness (QED) is 0.847. The van der Waals surface area contributed by atoms with E-state index >= 15 is 0 Å². The van der Waals surface area contributed by atoms with Gasteiger partial charge in [-0.15, -0.1) is 5.10 Å². The van der Waals surface area contributed by atoms with Crippen LogP contribution in [0.5, 0.6) is 0 Å². The SMILES string of the molecule is O=C(O)CSc1n[nH]c(-c2ccc(Br)cc2)n1. The van der Waals surface area contributed by atoms with Crippen LogP contribution in [0.1, 0.15) is 0 Å². The summed E-state index contributed by atoms with van der Waals surface area (Å²) in [6, 6.07) is 7.61. The summed E-state index contributed by atoms with van der Waals surface area (Å²) in [5.74, 6) is -0.298. The molecule has 17 heavy (non-hydrogen) atoms. The number of hydrogen-bond acceptors (Lipinski definition) is 4. The summed E-state index contributed by atoms with van der Waals surface area (Å²) in [6.45, 7) is 0. The molecule has 0 aliphatic rings. The molecule has 0 spiro atoms. The van der Waals surface area contributed by atoms with E-state index in [4.69, 9.17) is 5.11 Å². The number of aromatic amines is 1. The fourth-order valence-corrected chi connectivity index (χ4v) is 1.96. The van der Waals surface area contributed by atoms with E-state index in [0.717, 1.165) is 21.8 Å². The number of carbonyl (C=O) groups is 1. The van der Waals surface area contributed by atoms with E-state index in [1.807, 2.05) is 24.3 Å². The standard InChI is InChI=1S/C10H8BrN3O2S/c11-7-3-1-6(2-4-7)9-12-10(14-13-9)17-5-8(15)16/h1-4H,5H2,(H,15,16)(H,12,13,14). The van der Waals surface area contributed by atoms with Gasteiger partial charge in [-0.2, -0.15) is 0 Å². The molecule has 2 rings (SSSR count). The molecule has 0 atom stereocenters. The summed E-state index contributed by atoms with van der Waals surface area (Å²) in [5.41, 5.74) is 0.905. The van der Waals surface area contributed by atoms with Crippen molar-refractivity contribution in [3.63, 3.8) is 0 Å². The van der Waals surface area contributed by atoms with Crippen molar-refractivity contribution < 1.29 is 9.90 Å². The first kappa shape index (κ1) is 12.1. The number of carboxylic acids is 1. The molecule has 0 unspecified atom stereocenters. The highest BCUT2D eigenvalue weighted by atomic mass is 79.9. The maximum absolute atomic E-state index is 10.4. The predicted octanol–water partition coefficient (Wildman–Crippen LogP) is 2.41. The van der Waals surface area contributed by atoms with Gasteiger partial charge >= 0.3 is 5.97 Å². The zero-order chi connectivity index (χ0) is 12.3. The normalized spacial score (nSPS) is 10.4. The number of nitrogens with zero attached hydrogens (tertiary/aromatic N) is 2. The maximum Gasteiger partial charge on any atom is 0.313 e. The van der Waals surface area contributed by atoms with Crippen LogP contribution >= 0.6 is 27.7 Å². The van der Waals surface area contributed by atoms with Gasteiger partial charge in [-0.1, -0.05) is 39.8 Å². The summed E-state index contributed by atoms with van der Waals surface area (Å²) in [7, 11) is 0. The second kappa shape index (κ2) is 5.33. The Morgan fingerprint density at radius 2 is 2.12 bits per heavy atom. The first-order chi connectivity index (χ1) is 8.15. The van der Waals surface area contributed by atoms with E-state index in [1.165, 1.54) is 0 Å². The number of nitrogens with one attached hydrogen (secondary N) is 1. The number of halogens is 1. The van der Waals surface area contributed by atoms with Crippen molar-refractivity contribution in [3.8, 4) is 11.4 Å². The van der Waals surface area contributed by atoms with Crippen molar-refractivity contribution in [2.24, 2.45) is 0 Å². The summed E-state index contributed by atoms with van der Waals surface area (Å²) < 4.78 is 0.987. The Balaban J connectivity index is 2.12. The predicted molar refractivity (Wildman–Crippen MR) is 67.9 cm³/mol. The van der Waals surface area contributed by atoms with Crippen molar-refractivity contribution in [2.75, 3.05) is 5.75 Å². The summed E-state index contributed by atoms with van der Waals surface area (Å²) in [5, 5.41) is 15.7. The fourth-order valence-electron chi connectivity index (χ4n) is 1.17. The first-order valence-electron chi connectivity index (χ1n) is 4.68. The first-order valence-corrected chi connectivity index (χ1v) is 6.46. The van der Waals surface area contributed by atoms with E-state index in [1.54, 1.807) is 0 Å². The molecule has 1 aromatic heterocycles. The smallest absolute Gasteiger partial charge is 0.313 e. The van der Waals surface area contributed by atoms with Gasteiger partial charge in [0, 0.05) is 10.0 Å². The zero-order valence-corrected chi connectivity index (χ0v) is 11.0. The number of hydrogen-bond donors (Lipinski definition) is 2. The average molecular weight is 314 g/mol. The van der Waals surface area contributed by atoms with Crippen LogP contribution in [0.3, 0.4) is 0 Å². The molecular weight excluding hydrogens is 306 g/mol. The Morgan fingerprint density at radius 1 is 1.41 bits per heavy atom. The van der Waals surface area contributed by atoms with Gasteiger partial charge in [0.1, 0.15) is 0 Å². The second-order valence-corrected chi connectivity index (χ2v) is 5.01. The molecule has 7 heteroatoms. The van der Waals surface area contributed by atoms with Crippen LogP contribution in [-0.2, 0) is 4.79 Å². The zero-order valence-electron chi connectivity index (χ0n) is 8.55. The number of carboxylic acid groups (broad SMARTS) is 1. The second-order valence-electron chi connectivity index (χ2n) is 3.16. The van der Waals surface area contributed by atoms with Gasteiger partial charge in [0.15, 0.2) is 5.82 Å². The van der Waals surface area contributed by atoms with Crippen LogP contribution in [0, 0.1) is 0 Å². The highest BCUT2D eigenvalue weighted by Crippen LogP contribution is 2.20. The Labute approximate surface area is 110 Å². The monoisotopic (exact) mass is 313 g/mol. The van der Waals surface area contributed by atoms with Gasteiger partial charge in [0.05, 0.1) is 5.75 Å². The van der Waals surface area contributed by atoms with Gasteiger partial charge in [-0.3, -0.25) is 9.89 Å². The van der Waals surface area contributed by atoms with E-state index in [-0.39, 0.29) is 5.75 Å². The lowest BCUT2D eigenvalue weighted by molar-refractivity contribution is -0.133. The highest BCUT2D eigenvalue weighted by Gasteiger charge is 2.07. The van der Waals surface area contributed by atoms with Gasteiger partial charge in [-0.25, -0.2) is 4.98 Å². The molecule has 1 heterocycles. The van der Waals surface area contributed by atoms with Crippen LogP contribution in [0.2, 0.25) is 0 Å². The number of aromatic nitrogens is 3. The average Bonchev–Trinajstić information content (AvgIpc) is 2.76. The van der Waals surface area contributed by atoms with Crippen LogP contribution in [0.4, 0.5) is 0 Å². The summed E-state index contributed by atoms with van der Waals surface area (Å²) in [4.78, 5) is 14.6. The van der Waals surface area contributed by atoms with Crippen LogP contribution in [-0.4, -0.2) is 32.0 Å². The summed E-state index contributed by atoms with van der Waals surface area (Å²) >= 11 is 4.43. The molecule has 5 nitrogen and oxygen atoms in total. The molecule has 0 fully saturated rings. The molecule has 0 amide bonds. The molecule has 0 aliphatic heterocycles. The van der Waals surface area contributed by atoms with Crippen molar-refractivity contribution in [1.29, 1.82) is 0 Å². The number of H-pyrrole nitrogens is 1. The van der Waals surface area contributed by atoms with E-state index in [2.05, 4.69) is 31.1 Å². The molecule has 1 aromatic carbocycles. The molecule has 2 N–H and O–H groups in total. The lowest BCUT2D eigenvalue weighted by Gasteiger charge is -1.95. The van der Waals surface area contributed by atoms with Crippen LogP contribution in [0.15, 0.2) is 33.9 Å². The lowest BCUT2D eigenvalue weighted by Crippen LogP contribution is -1.97.